The fourth-order valence-electron chi connectivity index (χ4n) is 2.34. The Hall–Kier alpha value is -2.50. The summed E-state index contributed by atoms with van der Waals surface area (Å²) in [7, 11) is 1.95. The highest BCUT2D eigenvalue weighted by atomic mass is 16.1. The van der Waals surface area contributed by atoms with Gasteiger partial charge in [-0.15, -0.1) is 0 Å². The maximum atomic E-state index is 11.4. The van der Waals surface area contributed by atoms with Crippen molar-refractivity contribution in [3.05, 3.63) is 35.9 Å². The maximum Gasteiger partial charge on any atom is 0.224 e. The number of aryl methyl sites for hydroxylation is 2. The predicted octanol–water partition coefficient (Wildman–Crippen LogP) is 1.50. The summed E-state index contributed by atoms with van der Waals surface area (Å²) < 4.78 is 1.96. The van der Waals surface area contributed by atoms with Crippen LogP contribution in [0.5, 0.6) is 0 Å². The van der Waals surface area contributed by atoms with Crippen molar-refractivity contribution in [3.8, 4) is 0 Å². The average Bonchev–Trinajstić information content (AvgIpc) is 2.82. The molecule has 0 spiro atoms. The SMILES string of the molecule is Cn1ccnc1CNc1cc2c(cc1N)NC(=O)CC2. The number of rotatable bonds is 3. The number of fused-ring (bicyclic) bond motifs is 1. The molecule has 2 heterocycles. The Labute approximate surface area is 117 Å². The molecule has 6 heteroatoms. The molecule has 1 aliphatic rings. The lowest BCUT2D eigenvalue weighted by molar-refractivity contribution is -0.116. The van der Waals surface area contributed by atoms with Crippen molar-refractivity contribution >= 4 is 23.0 Å². The zero-order valence-corrected chi connectivity index (χ0v) is 11.3. The Morgan fingerprint density at radius 3 is 3.05 bits per heavy atom. The Bertz CT molecular complexity index is 662. The topological polar surface area (TPSA) is 85.0 Å². The van der Waals surface area contributed by atoms with Crippen LogP contribution in [0.1, 0.15) is 17.8 Å². The lowest BCUT2D eigenvalue weighted by Crippen LogP contribution is -2.19. The van der Waals surface area contributed by atoms with Gasteiger partial charge in [0.15, 0.2) is 0 Å². The number of benzene rings is 1. The van der Waals surface area contributed by atoms with E-state index in [0.717, 1.165) is 29.2 Å². The van der Waals surface area contributed by atoms with Crippen molar-refractivity contribution in [3.63, 3.8) is 0 Å². The number of nitrogen functional groups attached to an aromatic ring is 1. The summed E-state index contributed by atoms with van der Waals surface area (Å²) in [4.78, 5) is 15.6. The summed E-state index contributed by atoms with van der Waals surface area (Å²) in [6.07, 6.45) is 4.94. The maximum absolute atomic E-state index is 11.4. The summed E-state index contributed by atoms with van der Waals surface area (Å²) in [6, 6.07) is 3.82. The molecule has 6 nitrogen and oxygen atoms in total. The van der Waals surface area contributed by atoms with E-state index in [-0.39, 0.29) is 5.91 Å². The molecule has 4 N–H and O–H groups in total. The third kappa shape index (κ3) is 2.32. The molecule has 1 aromatic heterocycles. The van der Waals surface area contributed by atoms with E-state index in [1.54, 1.807) is 6.20 Å². The number of amides is 1. The summed E-state index contributed by atoms with van der Waals surface area (Å²) >= 11 is 0. The Morgan fingerprint density at radius 1 is 1.45 bits per heavy atom. The van der Waals surface area contributed by atoms with Crippen LogP contribution in [0.2, 0.25) is 0 Å². The molecule has 104 valence electrons. The Morgan fingerprint density at radius 2 is 2.30 bits per heavy atom. The van der Waals surface area contributed by atoms with E-state index in [1.807, 2.05) is 29.9 Å². The highest BCUT2D eigenvalue weighted by molar-refractivity contribution is 5.95. The smallest absolute Gasteiger partial charge is 0.224 e. The molecule has 2 aromatic rings. The van der Waals surface area contributed by atoms with Crippen LogP contribution in [0.25, 0.3) is 0 Å². The monoisotopic (exact) mass is 271 g/mol. The van der Waals surface area contributed by atoms with E-state index < -0.39 is 0 Å². The molecular weight excluding hydrogens is 254 g/mol. The number of imidazole rings is 1. The van der Waals surface area contributed by atoms with Crippen molar-refractivity contribution in [1.82, 2.24) is 9.55 Å². The number of hydrogen-bond donors (Lipinski definition) is 3. The molecule has 0 fully saturated rings. The largest absolute Gasteiger partial charge is 0.397 e. The second-order valence-corrected chi connectivity index (χ2v) is 4.95. The minimum atomic E-state index is 0.0469. The van der Waals surface area contributed by atoms with E-state index >= 15 is 0 Å². The number of carbonyl (C=O) groups is 1. The Kier molecular flexibility index (Phi) is 3.06. The van der Waals surface area contributed by atoms with Gasteiger partial charge in [-0.1, -0.05) is 0 Å². The number of nitrogens with two attached hydrogens (primary N) is 1. The number of carbonyl (C=O) groups excluding carboxylic acids is 1. The van der Waals surface area contributed by atoms with E-state index in [4.69, 9.17) is 5.73 Å². The summed E-state index contributed by atoms with van der Waals surface area (Å²) in [5.74, 6) is 0.987. The van der Waals surface area contributed by atoms with Crippen LogP contribution >= 0.6 is 0 Å². The van der Waals surface area contributed by atoms with Crippen LogP contribution < -0.4 is 16.4 Å². The first-order chi connectivity index (χ1) is 9.63. The van der Waals surface area contributed by atoms with Crippen LogP contribution in [-0.2, 0) is 24.8 Å². The van der Waals surface area contributed by atoms with Crippen molar-refractivity contribution in [1.29, 1.82) is 0 Å². The molecule has 0 aliphatic carbocycles. The highest BCUT2D eigenvalue weighted by Gasteiger charge is 2.16. The van der Waals surface area contributed by atoms with Gasteiger partial charge in [-0.25, -0.2) is 4.98 Å². The number of anilines is 3. The first-order valence-corrected chi connectivity index (χ1v) is 6.56. The first-order valence-electron chi connectivity index (χ1n) is 6.56. The molecular formula is C14H17N5O. The van der Waals surface area contributed by atoms with Crippen molar-refractivity contribution in [2.45, 2.75) is 19.4 Å². The van der Waals surface area contributed by atoms with Crippen molar-refractivity contribution in [2.24, 2.45) is 7.05 Å². The lowest BCUT2D eigenvalue weighted by atomic mass is 10.0. The molecule has 1 aromatic carbocycles. The van der Waals surface area contributed by atoms with Gasteiger partial charge in [-0.05, 0) is 24.1 Å². The number of nitrogens with zero attached hydrogens (tertiary/aromatic N) is 2. The highest BCUT2D eigenvalue weighted by Crippen LogP contribution is 2.31. The summed E-state index contributed by atoms with van der Waals surface area (Å²) in [5.41, 5.74) is 9.46. The number of hydrogen-bond acceptors (Lipinski definition) is 4. The zero-order valence-electron chi connectivity index (χ0n) is 11.3. The van der Waals surface area contributed by atoms with Crippen molar-refractivity contribution < 1.29 is 4.79 Å². The molecule has 0 unspecified atom stereocenters. The number of nitrogens with one attached hydrogen (secondary N) is 2. The predicted molar refractivity (Wildman–Crippen MR) is 78.3 cm³/mol. The molecule has 0 saturated heterocycles. The van der Waals surface area contributed by atoms with E-state index in [0.29, 0.717) is 18.7 Å². The summed E-state index contributed by atoms with van der Waals surface area (Å²) in [6.45, 7) is 0.610. The second-order valence-electron chi connectivity index (χ2n) is 4.95. The van der Waals surface area contributed by atoms with E-state index in [9.17, 15) is 4.79 Å². The van der Waals surface area contributed by atoms with Crippen LogP contribution in [0, 0.1) is 0 Å². The first kappa shape index (κ1) is 12.5. The van der Waals surface area contributed by atoms with Gasteiger partial charge in [0.25, 0.3) is 0 Å². The van der Waals surface area contributed by atoms with Gasteiger partial charge in [0, 0.05) is 31.5 Å². The van der Waals surface area contributed by atoms with Gasteiger partial charge >= 0.3 is 0 Å². The van der Waals surface area contributed by atoms with Crippen LogP contribution in [0.15, 0.2) is 24.5 Å². The lowest BCUT2D eigenvalue weighted by Gasteiger charge is -2.19. The van der Waals surface area contributed by atoms with E-state index in [1.165, 1.54) is 0 Å². The third-order valence-electron chi connectivity index (χ3n) is 3.53. The van der Waals surface area contributed by atoms with Crippen LogP contribution in [0.4, 0.5) is 17.1 Å². The molecule has 0 bridgehead atoms. The van der Waals surface area contributed by atoms with Gasteiger partial charge in [0.05, 0.1) is 17.9 Å². The van der Waals surface area contributed by atoms with Crippen molar-refractivity contribution in [2.75, 3.05) is 16.4 Å². The normalized spacial score (nSPS) is 13.8. The quantitative estimate of drug-likeness (QED) is 0.738. The van der Waals surface area contributed by atoms with E-state index in [2.05, 4.69) is 15.6 Å². The molecule has 3 rings (SSSR count). The fraction of sp³-hybridized carbons (Fsp3) is 0.286. The molecule has 1 aliphatic heterocycles. The van der Waals surface area contributed by atoms with Crippen LogP contribution in [0.3, 0.4) is 0 Å². The van der Waals surface area contributed by atoms with Gasteiger partial charge in [0.1, 0.15) is 5.82 Å². The molecule has 0 atom stereocenters. The fourth-order valence-corrected chi connectivity index (χ4v) is 2.34. The van der Waals surface area contributed by atoms with Crippen LogP contribution in [-0.4, -0.2) is 15.5 Å². The minimum Gasteiger partial charge on any atom is -0.397 e. The molecule has 20 heavy (non-hydrogen) atoms. The molecule has 0 radical (unpaired) electrons. The minimum absolute atomic E-state index is 0.0469. The Balaban J connectivity index is 1.80. The van der Waals surface area contributed by atoms with Gasteiger partial charge in [-0.3, -0.25) is 4.79 Å². The van der Waals surface area contributed by atoms with Gasteiger partial charge in [0.2, 0.25) is 5.91 Å². The van der Waals surface area contributed by atoms with Gasteiger partial charge in [-0.2, -0.15) is 0 Å². The third-order valence-corrected chi connectivity index (χ3v) is 3.53. The zero-order chi connectivity index (χ0) is 14.1. The molecule has 0 saturated carbocycles. The standard InChI is InChI=1S/C14H17N5O/c1-19-5-4-16-13(19)8-17-12-6-9-2-3-14(20)18-11(9)7-10(12)15/h4-7,17H,2-3,8,15H2,1H3,(H,18,20). The number of aromatic nitrogens is 2. The second kappa shape index (κ2) is 4.88. The molecule has 1 amide bonds. The summed E-state index contributed by atoms with van der Waals surface area (Å²) in [5, 5.41) is 6.14. The average molecular weight is 271 g/mol. The van der Waals surface area contributed by atoms with Gasteiger partial charge < -0.3 is 20.9 Å².